The Morgan fingerprint density at radius 3 is 2.32 bits per heavy atom. The zero-order valence-corrected chi connectivity index (χ0v) is 17.6. The largest absolute Gasteiger partial charge is 0.494 e. The zero-order valence-electron chi connectivity index (χ0n) is 17.6. The van der Waals surface area contributed by atoms with E-state index >= 15 is 0 Å². The van der Waals surface area contributed by atoms with Crippen molar-refractivity contribution in [2.24, 2.45) is 0 Å². The smallest absolute Gasteiger partial charge is 0.260 e. The summed E-state index contributed by atoms with van der Waals surface area (Å²) in [5.74, 6) is 2.42. The number of rotatable bonds is 7. The number of ether oxygens (including phenoxy) is 2. The fourth-order valence-corrected chi connectivity index (χ4v) is 3.50. The molecule has 0 atom stereocenters. The van der Waals surface area contributed by atoms with E-state index in [0.29, 0.717) is 25.4 Å². The number of para-hydroxylation sites is 1. The maximum absolute atomic E-state index is 12.5. The van der Waals surface area contributed by atoms with Gasteiger partial charge in [0.2, 0.25) is 0 Å². The maximum atomic E-state index is 12.5. The molecule has 7 heteroatoms. The summed E-state index contributed by atoms with van der Waals surface area (Å²) in [4.78, 5) is 25.4. The van der Waals surface area contributed by atoms with Gasteiger partial charge in [-0.3, -0.25) is 4.79 Å². The van der Waals surface area contributed by atoms with Crippen LogP contribution in [0.1, 0.15) is 6.92 Å². The lowest BCUT2D eigenvalue weighted by molar-refractivity contribution is -0.133. The van der Waals surface area contributed by atoms with Gasteiger partial charge in [0.1, 0.15) is 23.6 Å². The lowest BCUT2D eigenvalue weighted by atomic mass is 10.1. The van der Waals surface area contributed by atoms with E-state index in [0.717, 1.165) is 35.9 Å². The highest BCUT2D eigenvalue weighted by Crippen LogP contribution is 2.24. The first-order valence-corrected chi connectivity index (χ1v) is 10.5. The molecule has 1 fully saturated rings. The Morgan fingerprint density at radius 1 is 0.903 bits per heavy atom. The number of nitrogens with zero attached hydrogens (tertiary/aromatic N) is 4. The average Bonchev–Trinajstić information content (AvgIpc) is 2.84. The maximum Gasteiger partial charge on any atom is 0.260 e. The van der Waals surface area contributed by atoms with E-state index in [1.165, 1.54) is 0 Å². The van der Waals surface area contributed by atoms with Gasteiger partial charge in [0.25, 0.3) is 5.91 Å². The molecule has 1 aliphatic rings. The van der Waals surface area contributed by atoms with Gasteiger partial charge in [-0.05, 0) is 43.3 Å². The van der Waals surface area contributed by atoms with Gasteiger partial charge in [0, 0.05) is 37.8 Å². The quantitative estimate of drug-likeness (QED) is 0.587. The third kappa shape index (κ3) is 5.31. The summed E-state index contributed by atoms with van der Waals surface area (Å²) in [5, 5.41) is 0. The third-order valence-electron chi connectivity index (χ3n) is 5.18. The molecule has 0 spiro atoms. The van der Waals surface area contributed by atoms with Crippen LogP contribution in [0, 0.1) is 0 Å². The molecular weight excluding hydrogens is 392 g/mol. The number of aromatic nitrogens is 2. The molecule has 0 radical (unpaired) electrons. The van der Waals surface area contributed by atoms with Crippen LogP contribution in [0.25, 0.3) is 11.3 Å². The van der Waals surface area contributed by atoms with Crippen molar-refractivity contribution in [3.05, 3.63) is 67.0 Å². The summed E-state index contributed by atoms with van der Waals surface area (Å²) in [7, 11) is 0. The molecule has 0 bridgehead atoms. The van der Waals surface area contributed by atoms with Crippen LogP contribution in [0.3, 0.4) is 0 Å². The number of amides is 1. The highest BCUT2D eigenvalue weighted by Gasteiger charge is 2.22. The Labute approximate surface area is 182 Å². The second-order valence-corrected chi connectivity index (χ2v) is 7.19. The lowest BCUT2D eigenvalue weighted by Crippen LogP contribution is -2.50. The van der Waals surface area contributed by atoms with E-state index in [-0.39, 0.29) is 12.5 Å². The normalized spacial score (nSPS) is 13.7. The molecule has 1 aliphatic heterocycles. The predicted molar refractivity (Wildman–Crippen MR) is 119 cm³/mol. The summed E-state index contributed by atoms with van der Waals surface area (Å²) in [5.41, 5.74) is 1.88. The Bertz CT molecular complexity index is 987. The Balaban J connectivity index is 1.33. The summed E-state index contributed by atoms with van der Waals surface area (Å²) in [6.07, 6.45) is 1.59. The molecule has 3 aromatic rings. The number of hydrogen-bond acceptors (Lipinski definition) is 6. The summed E-state index contributed by atoms with van der Waals surface area (Å²) in [6.45, 7) is 5.38. The minimum atomic E-state index is 0.00117. The Hall–Kier alpha value is -3.61. The number of carbonyl (C=O) groups excluding carboxylic acids is 1. The third-order valence-corrected chi connectivity index (χ3v) is 5.18. The monoisotopic (exact) mass is 418 g/mol. The molecule has 2 heterocycles. The Morgan fingerprint density at radius 2 is 1.61 bits per heavy atom. The van der Waals surface area contributed by atoms with Crippen molar-refractivity contribution in [1.82, 2.24) is 14.9 Å². The van der Waals surface area contributed by atoms with Crippen LogP contribution in [0.4, 0.5) is 5.82 Å². The second kappa shape index (κ2) is 9.93. The molecule has 7 nitrogen and oxygen atoms in total. The van der Waals surface area contributed by atoms with Gasteiger partial charge >= 0.3 is 0 Å². The van der Waals surface area contributed by atoms with E-state index in [2.05, 4.69) is 14.9 Å². The van der Waals surface area contributed by atoms with Crippen LogP contribution in [0.5, 0.6) is 11.5 Å². The van der Waals surface area contributed by atoms with E-state index in [1.807, 2.05) is 72.5 Å². The molecule has 0 N–H and O–H groups in total. The molecule has 0 saturated carbocycles. The molecule has 2 aromatic carbocycles. The number of anilines is 1. The first-order chi connectivity index (χ1) is 15.2. The SMILES string of the molecule is CCOc1ccc(-c2cc(N3CCN(C(=O)COc4ccccc4)CC3)ncn2)cc1. The molecular formula is C24H26N4O3. The van der Waals surface area contributed by atoms with Gasteiger partial charge < -0.3 is 19.3 Å². The van der Waals surface area contributed by atoms with Gasteiger partial charge in [-0.15, -0.1) is 0 Å². The minimum Gasteiger partial charge on any atom is -0.494 e. The van der Waals surface area contributed by atoms with E-state index in [1.54, 1.807) is 6.33 Å². The van der Waals surface area contributed by atoms with Crippen LogP contribution in [-0.4, -0.2) is 60.2 Å². The molecule has 160 valence electrons. The first-order valence-electron chi connectivity index (χ1n) is 10.5. The summed E-state index contributed by atoms with van der Waals surface area (Å²) < 4.78 is 11.1. The van der Waals surface area contributed by atoms with Crippen LogP contribution >= 0.6 is 0 Å². The predicted octanol–water partition coefficient (Wildman–Crippen LogP) is 3.27. The Kier molecular flexibility index (Phi) is 6.62. The van der Waals surface area contributed by atoms with Crippen LogP contribution in [0.15, 0.2) is 67.0 Å². The molecule has 1 amide bonds. The molecule has 1 aromatic heterocycles. The molecule has 0 aliphatic carbocycles. The number of hydrogen-bond donors (Lipinski definition) is 0. The molecule has 4 rings (SSSR count). The number of piperazine rings is 1. The van der Waals surface area contributed by atoms with Crippen LogP contribution in [0.2, 0.25) is 0 Å². The van der Waals surface area contributed by atoms with E-state index in [4.69, 9.17) is 9.47 Å². The summed E-state index contributed by atoms with van der Waals surface area (Å²) >= 11 is 0. The van der Waals surface area contributed by atoms with Gasteiger partial charge in [-0.1, -0.05) is 18.2 Å². The van der Waals surface area contributed by atoms with Crippen molar-refractivity contribution in [3.63, 3.8) is 0 Å². The van der Waals surface area contributed by atoms with Crippen molar-refractivity contribution in [3.8, 4) is 22.8 Å². The number of benzene rings is 2. The highest BCUT2D eigenvalue weighted by molar-refractivity contribution is 5.78. The summed E-state index contributed by atoms with van der Waals surface area (Å²) in [6, 6.07) is 19.3. The molecule has 1 saturated heterocycles. The van der Waals surface area contributed by atoms with E-state index < -0.39 is 0 Å². The van der Waals surface area contributed by atoms with E-state index in [9.17, 15) is 4.79 Å². The fourth-order valence-electron chi connectivity index (χ4n) is 3.50. The second-order valence-electron chi connectivity index (χ2n) is 7.19. The topological polar surface area (TPSA) is 67.8 Å². The van der Waals surface area contributed by atoms with Crippen molar-refractivity contribution < 1.29 is 14.3 Å². The van der Waals surface area contributed by atoms with Crippen molar-refractivity contribution in [1.29, 1.82) is 0 Å². The van der Waals surface area contributed by atoms with Crippen molar-refractivity contribution in [2.75, 3.05) is 44.3 Å². The van der Waals surface area contributed by atoms with Crippen LogP contribution in [-0.2, 0) is 4.79 Å². The fraction of sp³-hybridized carbons (Fsp3) is 0.292. The highest BCUT2D eigenvalue weighted by atomic mass is 16.5. The molecule has 31 heavy (non-hydrogen) atoms. The lowest BCUT2D eigenvalue weighted by Gasteiger charge is -2.35. The average molecular weight is 418 g/mol. The van der Waals surface area contributed by atoms with Crippen molar-refractivity contribution >= 4 is 11.7 Å². The van der Waals surface area contributed by atoms with Gasteiger partial charge in [-0.25, -0.2) is 9.97 Å². The van der Waals surface area contributed by atoms with Gasteiger partial charge in [0.05, 0.1) is 12.3 Å². The van der Waals surface area contributed by atoms with Crippen molar-refractivity contribution in [2.45, 2.75) is 6.92 Å². The first kappa shape index (κ1) is 20.7. The van der Waals surface area contributed by atoms with Gasteiger partial charge in [0.15, 0.2) is 6.61 Å². The zero-order chi connectivity index (χ0) is 21.5. The van der Waals surface area contributed by atoms with Gasteiger partial charge in [-0.2, -0.15) is 0 Å². The van der Waals surface area contributed by atoms with Crippen LogP contribution < -0.4 is 14.4 Å². The standard InChI is InChI=1S/C24H26N4O3/c1-2-30-21-10-8-19(9-11-21)22-16-23(26-18-25-22)27-12-14-28(15-13-27)24(29)17-31-20-6-4-3-5-7-20/h3-11,16,18H,2,12-15,17H2,1H3. The number of carbonyl (C=O) groups is 1. The minimum absolute atomic E-state index is 0.00117. The molecule has 0 unspecified atom stereocenters.